The summed E-state index contributed by atoms with van der Waals surface area (Å²) in [5, 5.41) is 0. The van der Waals surface area contributed by atoms with E-state index in [-0.39, 0.29) is 0 Å². The van der Waals surface area contributed by atoms with Gasteiger partial charge in [-0.1, -0.05) is 17.7 Å². The van der Waals surface area contributed by atoms with Crippen LogP contribution in [0.4, 0.5) is 0 Å². The molecule has 3 aromatic rings. The molecule has 3 rings (SSSR count). The largest absolute Gasteiger partial charge is 0.497 e. The van der Waals surface area contributed by atoms with Crippen molar-refractivity contribution in [1.29, 1.82) is 0 Å². The zero-order valence-corrected chi connectivity index (χ0v) is 12.2. The molecule has 0 saturated heterocycles. The molecule has 3 nitrogen and oxygen atoms in total. The second-order valence-corrected chi connectivity index (χ2v) is 4.95. The zero-order chi connectivity index (χ0) is 14.1. The highest BCUT2D eigenvalue weighted by molar-refractivity contribution is 6.17. The van der Waals surface area contributed by atoms with E-state index >= 15 is 0 Å². The van der Waals surface area contributed by atoms with Crippen LogP contribution in [0.15, 0.2) is 42.5 Å². The predicted molar refractivity (Wildman–Crippen MR) is 81.9 cm³/mol. The first-order chi connectivity index (χ1) is 9.72. The summed E-state index contributed by atoms with van der Waals surface area (Å²) in [5.74, 6) is 2.01. The summed E-state index contributed by atoms with van der Waals surface area (Å²) in [6.45, 7) is 2.07. The van der Waals surface area contributed by atoms with Crippen molar-refractivity contribution in [3.8, 4) is 11.4 Å². The van der Waals surface area contributed by atoms with Gasteiger partial charge in [0.25, 0.3) is 0 Å². The number of hydrogen-bond acceptors (Lipinski definition) is 2. The lowest BCUT2D eigenvalue weighted by atomic mass is 10.2. The molecular weight excluding hydrogens is 272 g/mol. The van der Waals surface area contributed by atoms with E-state index in [1.165, 1.54) is 5.56 Å². The molecule has 0 atom stereocenters. The molecule has 102 valence electrons. The Kier molecular flexibility index (Phi) is 3.36. The van der Waals surface area contributed by atoms with Crippen molar-refractivity contribution in [2.75, 3.05) is 7.11 Å². The average Bonchev–Trinajstić information content (AvgIpc) is 2.85. The molecule has 0 spiro atoms. The number of halogens is 1. The molecule has 0 fully saturated rings. The Labute approximate surface area is 122 Å². The van der Waals surface area contributed by atoms with Gasteiger partial charge in [0.2, 0.25) is 0 Å². The number of aryl methyl sites for hydroxylation is 1. The fraction of sp³-hybridized carbons (Fsp3) is 0.188. The van der Waals surface area contributed by atoms with Crippen LogP contribution in [0.25, 0.3) is 16.7 Å². The van der Waals surface area contributed by atoms with Crippen LogP contribution in [0.1, 0.15) is 11.4 Å². The van der Waals surface area contributed by atoms with Crippen LogP contribution >= 0.6 is 11.6 Å². The number of imidazole rings is 1. The molecule has 0 radical (unpaired) electrons. The van der Waals surface area contributed by atoms with Crippen molar-refractivity contribution in [3.63, 3.8) is 0 Å². The maximum Gasteiger partial charge on any atom is 0.129 e. The van der Waals surface area contributed by atoms with Gasteiger partial charge in [-0.15, -0.1) is 11.6 Å². The highest BCUT2D eigenvalue weighted by Gasteiger charge is 2.12. The van der Waals surface area contributed by atoms with Crippen molar-refractivity contribution < 1.29 is 4.74 Å². The molecule has 0 saturated carbocycles. The maximum absolute atomic E-state index is 6.04. The van der Waals surface area contributed by atoms with Gasteiger partial charge in [-0.3, -0.25) is 4.57 Å². The minimum Gasteiger partial charge on any atom is -0.497 e. The number of aromatic nitrogens is 2. The van der Waals surface area contributed by atoms with Gasteiger partial charge in [-0.2, -0.15) is 0 Å². The van der Waals surface area contributed by atoms with E-state index in [4.69, 9.17) is 16.3 Å². The molecule has 0 N–H and O–H groups in total. The van der Waals surface area contributed by atoms with Crippen molar-refractivity contribution in [3.05, 3.63) is 53.9 Å². The quantitative estimate of drug-likeness (QED) is 0.678. The van der Waals surface area contributed by atoms with E-state index in [1.807, 2.05) is 18.2 Å². The third-order valence-electron chi connectivity index (χ3n) is 3.34. The Bertz CT molecular complexity index is 747. The predicted octanol–water partition coefficient (Wildman–Crippen LogP) is 4.08. The summed E-state index contributed by atoms with van der Waals surface area (Å²) < 4.78 is 7.37. The molecule has 0 amide bonds. The van der Waals surface area contributed by atoms with Crippen LogP contribution in [0.5, 0.6) is 5.75 Å². The van der Waals surface area contributed by atoms with Gasteiger partial charge in [0.15, 0.2) is 0 Å². The highest BCUT2D eigenvalue weighted by atomic mass is 35.5. The van der Waals surface area contributed by atoms with E-state index in [0.29, 0.717) is 5.88 Å². The van der Waals surface area contributed by atoms with Crippen molar-refractivity contribution in [2.24, 2.45) is 0 Å². The summed E-state index contributed by atoms with van der Waals surface area (Å²) in [6.07, 6.45) is 0. The monoisotopic (exact) mass is 286 g/mol. The number of hydrogen-bond donors (Lipinski definition) is 0. The molecule has 4 heteroatoms. The van der Waals surface area contributed by atoms with Gasteiger partial charge in [0.1, 0.15) is 11.6 Å². The van der Waals surface area contributed by atoms with Crippen molar-refractivity contribution >= 4 is 22.6 Å². The van der Waals surface area contributed by atoms with Crippen LogP contribution in [0.3, 0.4) is 0 Å². The number of benzene rings is 2. The topological polar surface area (TPSA) is 27.1 Å². The van der Waals surface area contributed by atoms with Crippen LogP contribution < -0.4 is 4.74 Å². The van der Waals surface area contributed by atoms with E-state index in [2.05, 4.69) is 40.7 Å². The number of nitrogens with zero attached hydrogens (tertiary/aromatic N) is 2. The first-order valence-corrected chi connectivity index (χ1v) is 6.95. The molecule has 0 aliphatic carbocycles. The Morgan fingerprint density at radius 2 is 1.90 bits per heavy atom. The normalized spacial score (nSPS) is 10.9. The molecule has 0 unspecified atom stereocenters. The Hall–Kier alpha value is -2.00. The molecule has 2 aromatic carbocycles. The average molecular weight is 287 g/mol. The molecule has 0 aliphatic heterocycles. The summed E-state index contributed by atoms with van der Waals surface area (Å²) in [4.78, 5) is 4.58. The zero-order valence-electron chi connectivity index (χ0n) is 11.4. The van der Waals surface area contributed by atoms with Crippen LogP contribution in [0.2, 0.25) is 0 Å². The molecular formula is C16H15ClN2O. The first kappa shape index (κ1) is 13.0. The van der Waals surface area contributed by atoms with Gasteiger partial charge in [0, 0.05) is 11.8 Å². The van der Waals surface area contributed by atoms with Gasteiger partial charge < -0.3 is 4.74 Å². The van der Waals surface area contributed by atoms with Crippen molar-refractivity contribution in [1.82, 2.24) is 9.55 Å². The Balaban J connectivity index is 2.28. The Morgan fingerprint density at radius 1 is 1.15 bits per heavy atom. The minimum absolute atomic E-state index is 0.366. The maximum atomic E-state index is 6.04. The van der Waals surface area contributed by atoms with Gasteiger partial charge in [0.05, 0.1) is 24.0 Å². The van der Waals surface area contributed by atoms with Crippen LogP contribution in [0, 0.1) is 6.92 Å². The molecule has 0 aliphatic rings. The van der Waals surface area contributed by atoms with Gasteiger partial charge >= 0.3 is 0 Å². The second kappa shape index (κ2) is 5.17. The SMILES string of the molecule is COc1ccc2nc(CCl)n(-c3ccc(C)cc3)c2c1. The lowest BCUT2D eigenvalue weighted by molar-refractivity contribution is 0.415. The van der Waals surface area contributed by atoms with E-state index < -0.39 is 0 Å². The highest BCUT2D eigenvalue weighted by Crippen LogP contribution is 2.26. The molecule has 20 heavy (non-hydrogen) atoms. The summed E-state index contributed by atoms with van der Waals surface area (Å²) in [6, 6.07) is 14.2. The van der Waals surface area contributed by atoms with E-state index in [1.54, 1.807) is 7.11 Å². The van der Waals surface area contributed by atoms with E-state index in [9.17, 15) is 0 Å². The summed E-state index contributed by atoms with van der Waals surface area (Å²) in [7, 11) is 1.66. The smallest absolute Gasteiger partial charge is 0.129 e. The first-order valence-electron chi connectivity index (χ1n) is 6.41. The molecule has 1 heterocycles. The van der Waals surface area contributed by atoms with E-state index in [0.717, 1.165) is 28.3 Å². The third-order valence-corrected chi connectivity index (χ3v) is 3.58. The lowest BCUT2D eigenvalue weighted by Gasteiger charge is -2.08. The lowest BCUT2D eigenvalue weighted by Crippen LogP contribution is -1.99. The molecule has 1 aromatic heterocycles. The summed E-state index contributed by atoms with van der Waals surface area (Å²) in [5.41, 5.74) is 4.20. The van der Waals surface area contributed by atoms with Gasteiger partial charge in [-0.05, 0) is 31.2 Å². The number of methoxy groups -OCH3 is 1. The minimum atomic E-state index is 0.366. The standard InChI is InChI=1S/C16H15ClN2O/c1-11-3-5-12(6-4-11)19-15-9-13(20-2)7-8-14(15)18-16(19)10-17/h3-9H,10H2,1-2H3. The van der Waals surface area contributed by atoms with Crippen LogP contribution in [-0.2, 0) is 5.88 Å². The van der Waals surface area contributed by atoms with Crippen molar-refractivity contribution in [2.45, 2.75) is 12.8 Å². The fourth-order valence-corrected chi connectivity index (χ4v) is 2.48. The Morgan fingerprint density at radius 3 is 2.55 bits per heavy atom. The second-order valence-electron chi connectivity index (χ2n) is 4.69. The number of alkyl halides is 1. The molecule has 0 bridgehead atoms. The summed E-state index contributed by atoms with van der Waals surface area (Å²) >= 11 is 6.04. The number of rotatable bonds is 3. The number of ether oxygens (including phenoxy) is 1. The van der Waals surface area contributed by atoms with Gasteiger partial charge in [-0.25, -0.2) is 4.98 Å². The van der Waals surface area contributed by atoms with Crippen LogP contribution in [-0.4, -0.2) is 16.7 Å². The third kappa shape index (κ3) is 2.14. The fourth-order valence-electron chi connectivity index (χ4n) is 2.30. The number of fused-ring (bicyclic) bond motifs is 1.